The van der Waals surface area contributed by atoms with Crippen molar-refractivity contribution >= 4 is 0 Å². The van der Waals surface area contributed by atoms with Crippen molar-refractivity contribution in [3.8, 4) is 5.75 Å². The smallest absolute Gasteiger partial charge is 0.119 e. The molecular weight excluding hydrogens is 226 g/mol. The number of benzene rings is 1. The van der Waals surface area contributed by atoms with Gasteiger partial charge in [-0.1, -0.05) is 18.2 Å². The van der Waals surface area contributed by atoms with E-state index in [2.05, 4.69) is 4.98 Å². The molecule has 1 heterocycles. The van der Waals surface area contributed by atoms with Gasteiger partial charge in [0.15, 0.2) is 0 Å². The van der Waals surface area contributed by atoms with Gasteiger partial charge in [0.05, 0.1) is 18.9 Å². The second-order valence-electron chi connectivity index (χ2n) is 4.28. The molecule has 2 rings (SSSR count). The Morgan fingerprint density at radius 1 is 1.22 bits per heavy atom. The zero-order valence-corrected chi connectivity index (χ0v) is 10.6. The van der Waals surface area contributed by atoms with Gasteiger partial charge in [0, 0.05) is 12.1 Å². The number of hydrogen-bond acceptors (Lipinski definition) is 3. The van der Waals surface area contributed by atoms with Crippen molar-refractivity contribution < 1.29 is 9.84 Å². The van der Waals surface area contributed by atoms with Crippen LogP contribution in [0, 0.1) is 6.92 Å². The summed E-state index contributed by atoms with van der Waals surface area (Å²) in [5.41, 5.74) is 2.65. The van der Waals surface area contributed by atoms with E-state index in [1.54, 1.807) is 7.11 Å². The summed E-state index contributed by atoms with van der Waals surface area (Å²) >= 11 is 0. The highest BCUT2D eigenvalue weighted by molar-refractivity contribution is 5.29. The molecule has 2 aromatic rings. The molecule has 94 valence electrons. The molecule has 1 atom stereocenters. The molecule has 0 fully saturated rings. The number of aliphatic hydroxyl groups is 1. The van der Waals surface area contributed by atoms with Gasteiger partial charge < -0.3 is 9.84 Å². The lowest BCUT2D eigenvalue weighted by atomic mass is 10.0. The topological polar surface area (TPSA) is 42.4 Å². The van der Waals surface area contributed by atoms with E-state index in [1.807, 2.05) is 49.4 Å². The number of nitrogens with zero attached hydrogens (tertiary/aromatic N) is 1. The van der Waals surface area contributed by atoms with Gasteiger partial charge >= 0.3 is 0 Å². The molecule has 1 unspecified atom stereocenters. The molecule has 3 nitrogen and oxygen atoms in total. The van der Waals surface area contributed by atoms with E-state index in [1.165, 1.54) is 0 Å². The molecule has 0 saturated carbocycles. The van der Waals surface area contributed by atoms with Crippen LogP contribution in [0.5, 0.6) is 5.75 Å². The van der Waals surface area contributed by atoms with Crippen molar-refractivity contribution in [3.63, 3.8) is 0 Å². The van der Waals surface area contributed by atoms with Crippen LogP contribution >= 0.6 is 0 Å². The van der Waals surface area contributed by atoms with E-state index in [4.69, 9.17) is 4.74 Å². The van der Waals surface area contributed by atoms with Crippen LogP contribution in [0.3, 0.4) is 0 Å². The predicted octanol–water partition coefficient (Wildman–Crippen LogP) is 2.67. The molecule has 0 amide bonds. The van der Waals surface area contributed by atoms with E-state index < -0.39 is 6.10 Å². The second-order valence-corrected chi connectivity index (χ2v) is 4.28. The van der Waals surface area contributed by atoms with Crippen LogP contribution in [0.15, 0.2) is 42.5 Å². The maximum atomic E-state index is 10.2. The Labute approximate surface area is 107 Å². The molecule has 0 saturated heterocycles. The van der Waals surface area contributed by atoms with Gasteiger partial charge in [-0.05, 0) is 36.8 Å². The molecule has 0 spiro atoms. The fourth-order valence-electron chi connectivity index (χ4n) is 1.88. The number of aliphatic hydroxyl groups excluding tert-OH is 1. The zero-order chi connectivity index (χ0) is 13.0. The Balaban J connectivity index is 2.13. The van der Waals surface area contributed by atoms with Crippen LogP contribution in [0.2, 0.25) is 0 Å². The third-order valence-corrected chi connectivity index (χ3v) is 2.81. The van der Waals surface area contributed by atoms with Gasteiger partial charge in [0.1, 0.15) is 5.75 Å². The molecular formula is C15H17NO2. The third-order valence-electron chi connectivity index (χ3n) is 2.81. The molecule has 1 aromatic carbocycles. The molecule has 1 N–H and O–H groups in total. The lowest BCUT2D eigenvalue weighted by Crippen LogP contribution is -2.04. The Morgan fingerprint density at radius 3 is 2.72 bits per heavy atom. The maximum Gasteiger partial charge on any atom is 0.119 e. The summed E-state index contributed by atoms with van der Waals surface area (Å²) in [5.74, 6) is 0.803. The zero-order valence-electron chi connectivity index (χ0n) is 10.6. The summed E-state index contributed by atoms with van der Waals surface area (Å²) in [6.45, 7) is 1.92. The second kappa shape index (κ2) is 5.65. The van der Waals surface area contributed by atoms with Crippen LogP contribution < -0.4 is 4.74 Å². The average molecular weight is 243 g/mol. The van der Waals surface area contributed by atoms with Crippen LogP contribution in [0.1, 0.15) is 23.1 Å². The van der Waals surface area contributed by atoms with Crippen molar-refractivity contribution in [2.75, 3.05) is 7.11 Å². The number of rotatable bonds is 4. The van der Waals surface area contributed by atoms with Gasteiger partial charge in [-0.2, -0.15) is 0 Å². The van der Waals surface area contributed by atoms with Crippen molar-refractivity contribution in [3.05, 3.63) is 59.4 Å². The highest BCUT2D eigenvalue weighted by Crippen LogP contribution is 2.20. The van der Waals surface area contributed by atoms with E-state index in [-0.39, 0.29) is 0 Å². The number of pyridine rings is 1. The standard InChI is InChI=1S/C15H17NO2/c1-11-5-3-8-14(16-11)15(17)10-12-6-4-7-13(9-12)18-2/h3-9,15,17H,10H2,1-2H3. The summed E-state index contributed by atoms with van der Waals surface area (Å²) < 4.78 is 5.16. The minimum Gasteiger partial charge on any atom is -0.497 e. The summed E-state index contributed by atoms with van der Waals surface area (Å²) in [6.07, 6.45) is -0.0507. The fraction of sp³-hybridized carbons (Fsp3) is 0.267. The van der Waals surface area contributed by atoms with Crippen LogP contribution in [0.25, 0.3) is 0 Å². The fourth-order valence-corrected chi connectivity index (χ4v) is 1.88. The van der Waals surface area contributed by atoms with Crippen molar-refractivity contribution in [1.29, 1.82) is 0 Å². The quantitative estimate of drug-likeness (QED) is 0.897. The first-order valence-electron chi connectivity index (χ1n) is 5.93. The monoisotopic (exact) mass is 243 g/mol. The molecule has 3 heteroatoms. The van der Waals surface area contributed by atoms with Gasteiger partial charge in [0.2, 0.25) is 0 Å². The minimum absolute atomic E-state index is 0.535. The largest absolute Gasteiger partial charge is 0.497 e. The third kappa shape index (κ3) is 3.08. The lowest BCUT2D eigenvalue weighted by molar-refractivity contribution is 0.173. The highest BCUT2D eigenvalue weighted by atomic mass is 16.5. The molecule has 18 heavy (non-hydrogen) atoms. The summed E-state index contributed by atoms with van der Waals surface area (Å²) in [6, 6.07) is 13.4. The molecule has 0 aliphatic heterocycles. The Hall–Kier alpha value is -1.87. The molecule has 0 bridgehead atoms. The number of hydrogen-bond donors (Lipinski definition) is 1. The van der Waals surface area contributed by atoms with Gasteiger partial charge in [-0.25, -0.2) is 0 Å². The lowest BCUT2D eigenvalue weighted by Gasteiger charge is -2.11. The van der Waals surface area contributed by atoms with Crippen LogP contribution in [-0.4, -0.2) is 17.2 Å². The van der Waals surface area contributed by atoms with Gasteiger partial charge in [-0.15, -0.1) is 0 Å². The van der Waals surface area contributed by atoms with E-state index in [0.29, 0.717) is 12.1 Å². The molecule has 0 aliphatic rings. The molecule has 0 aliphatic carbocycles. The maximum absolute atomic E-state index is 10.2. The molecule has 1 aromatic heterocycles. The summed E-state index contributed by atoms with van der Waals surface area (Å²) in [4.78, 5) is 4.33. The van der Waals surface area contributed by atoms with Crippen LogP contribution in [0.4, 0.5) is 0 Å². The van der Waals surface area contributed by atoms with Crippen molar-refractivity contribution in [2.45, 2.75) is 19.4 Å². The number of ether oxygens (including phenoxy) is 1. The SMILES string of the molecule is COc1cccc(CC(O)c2cccc(C)n2)c1. The predicted molar refractivity (Wildman–Crippen MR) is 70.6 cm³/mol. The molecule has 0 radical (unpaired) electrons. The van der Waals surface area contributed by atoms with E-state index in [0.717, 1.165) is 17.0 Å². The number of aromatic nitrogens is 1. The van der Waals surface area contributed by atoms with E-state index >= 15 is 0 Å². The highest BCUT2D eigenvalue weighted by Gasteiger charge is 2.10. The first-order valence-corrected chi connectivity index (χ1v) is 5.93. The average Bonchev–Trinajstić information content (AvgIpc) is 2.39. The Kier molecular flexibility index (Phi) is 3.95. The van der Waals surface area contributed by atoms with Crippen molar-refractivity contribution in [1.82, 2.24) is 4.98 Å². The normalized spacial score (nSPS) is 12.2. The number of methoxy groups -OCH3 is 1. The summed E-state index contributed by atoms with van der Waals surface area (Å²) in [7, 11) is 1.64. The summed E-state index contributed by atoms with van der Waals surface area (Å²) in [5, 5.41) is 10.2. The Bertz CT molecular complexity index is 525. The first-order chi connectivity index (χ1) is 8.69. The first kappa shape index (κ1) is 12.6. The Morgan fingerprint density at radius 2 is 2.00 bits per heavy atom. The minimum atomic E-state index is -0.586. The van der Waals surface area contributed by atoms with Crippen LogP contribution in [-0.2, 0) is 6.42 Å². The van der Waals surface area contributed by atoms with Gasteiger partial charge in [-0.3, -0.25) is 4.98 Å². The van der Waals surface area contributed by atoms with Gasteiger partial charge in [0.25, 0.3) is 0 Å². The van der Waals surface area contributed by atoms with E-state index in [9.17, 15) is 5.11 Å². The van der Waals surface area contributed by atoms with Crippen molar-refractivity contribution in [2.24, 2.45) is 0 Å². The number of aryl methyl sites for hydroxylation is 1.